The average molecular weight is 306 g/mol. The molecule has 3 N–H and O–H groups in total. The highest BCUT2D eigenvalue weighted by molar-refractivity contribution is 7.98. The molecule has 2 rings (SSSR count). The molecule has 1 aromatic heterocycles. The van der Waals surface area contributed by atoms with Crippen molar-refractivity contribution >= 4 is 17.6 Å². The minimum absolute atomic E-state index is 0.120. The lowest BCUT2D eigenvalue weighted by Gasteiger charge is -2.06. The SMILES string of the molecule is Cc1cc(C)nc(SCc2ccc(C(N)=NO)cc2F)n1. The van der Waals surface area contributed by atoms with Gasteiger partial charge in [0, 0.05) is 22.7 Å². The fraction of sp³-hybridized carbons (Fsp3) is 0.214. The molecule has 2 aromatic rings. The molecule has 0 unspecified atom stereocenters. The number of hydrogen-bond donors (Lipinski definition) is 2. The molecule has 0 amide bonds. The number of aromatic nitrogens is 2. The number of rotatable bonds is 4. The number of hydrogen-bond acceptors (Lipinski definition) is 5. The molecule has 7 heteroatoms. The van der Waals surface area contributed by atoms with Gasteiger partial charge in [-0.2, -0.15) is 0 Å². The van der Waals surface area contributed by atoms with E-state index in [1.54, 1.807) is 12.1 Å². The minimum Gasteiger partial charge on any atom is -0.409 e. The van der Waals surface area contributed by atoms with E-state index >= 15 is 0 Å². The lowest BCUT2D eigenvalue weighted by atomic mass is 10.1. The van der Waals surface area contributed by atoms with E-state index in [-0.39, 0.29) is 5.84 Å². The van der Waals surface area contributed by atoms with Gasteiger partial charge in [-0.3, -0.25) is 0 Å². The maximum absolute atomic E-state index is 14.0. The number of nitrogens with zero attached hydrogens (tertiary/aromatic N) is 3. The molecule has 0 atom stereocenters. The zero-order chi connectivity index (χ0) is 15.4. The Morgan fingerprint density at radius 1 is 1.29 bits per heavy atom. The highest BCUT2D eigenvalue weighted by Gasteiger charge is 2.08. The molecule has 0 aliphatic carbocycles. The largest absolute Gasteiger partial charge is 0.409 e. The summed E-state index contributed by atoms with van der Waals surface area (Å²) in [4.78, 5) is 8.59. The van der Waals surface area contributed by atoms with Gasteiger partial charge in [-0.1, -0.05) is 29.1 Å². The van der Waals surface area contributed by atoms with Crippen LogP contribution < -0.4 is 5.73 Å². The quantitative estimate of drug-likeness (QED) is 0.226. The lowest BCUT2D eigenvalue weighted by molar-refractivity contribution is 0.318. The van der Waals surface area contributed by atoms with Crippen molar-refractivity contribution in [2.75, 3.05) is 0 Å². The molecule has 0 aliphatic heterocycles. The first-order chi connectivity index (χ1) is 9.99. The Labute approximate surface area is 126 Å². The van der Waals surface area contributed by atoms with E-state index in [0.29, 0.717) is 22.0 Å². The molecule has 0 fully saturated rings. The van der Waals surface area contributed by atoms with Gasteiger partial charge in [0.25, 0.3) is 0 Å². The summed E-state index contributed by atoms with van der Waals surface area (Å²) in [5, 5.41) is 12.0. The van der Waals surface area contributed by atoms with Crippen molar-refractivity contribution in [2.24, 2.45) is 10.9 Å². The Kier molecular flexibility index (Phi) is 4.74. The summed E-state index contributed by atoms with van der Waals surface area (Å²) in [6.07, 6.45) is 0. The minimum atomic E-state index is -0.407. The van der Waals surface area contributed by atoms with E-state index in [1.165, 1.54) is 17.8 Å². The van der Waals surface area contributed by atoms with Gasteiger partial charge in [-0.15, -0.1) is 0 Å². The Bertz CT molecular complexity index is 670. The van der Waals surface area contributed by atoms with Crippen LogP contribution in [0.2, 0.25) is 0 Å². The molecule has 0 saturated carbocycles. The molecule has 0 saturated heterocycles. The van der Waals surface area contributed by atoms with Crippen molar-refractivity contribution in [1.29, 1.82) is 0 Å². The maximum Gasteiger partial charge on any atom is 0.188 e. The van der Waals surface area contributed by atoms with E-state index in [0.717, 1.165) is 11.4 Å². The van der Waals surface area contributed by atoms with Gasteiger partial charge < -0.3 is 10.9 Å². The first-order valence-electron chi connectivity index (χ1n) is 6.21. The van der Waals surface area contributed by atoms with Crippen molar-refractivity contribution < 1.29 is 9.60 Å². The van der Waals surface area contributed by atoms with Gasteiger partial charge in [0.1, 0.15) is 5.82 Å². The van der Waals surface area contributed by atoms with Crippen LogP contribution in [-0.2, 0) is 5.75 Å². The molecule has 110 valence electrons. The van der Waals surface area contributed by atoms with E-state index in [1.807, 2.05) is 19.9 Å². The average Bonchev–Trinajstić information content (AvgIpc) is 2.44. The Morgan fingerprint density at radius 2 is 1.95 bits per heavy atom. The summed E-state index contributed by atoms with van der Waals surface area (Å²) in [6, 6.07) is 6.35. The summed E-state index contributed by atoms with van der Waals surface area (Å²) in [7, 11) is 0. The lowest BCUT2D eigenvalue weighted by Crippen LogP contribution is -2.13. The number of halogens is 1. The van der Waals surface area contributed by atoms with E-state index in [9.17, 15) is 4.39 Å². The van der Waals surface area contributed by atoms with E-state index in [4.69, 9.17) is 10.9 Å². The number of aryl methyl sites for hydroxylation is 2. The van der Waals surface area contributed by atoms with Crippen LogP contribution >= 0.6 is 11.8 Å². The third-order valence-electron chi connectivity index (χ3n) is 2.78. The van der Waals surface area contributed by atoms with Gasteiger partial charge in [-0.05, 0) is 31.5 Å². The van der Waals surface area contributed by atoms with Crippen LogP contribution in [0.4, 0.5) is 4.39 Å². The van der Waals surface area contributed by atoms with Crippen molar-refractivity contribution in [3.8, 4) is 0 Å². The highest BCUT2D eigenvalue weighted by atomic mass is 32.2. The standard InChI is InChI=1S/C14H15FN4OS/c1-8-5-9(2)18-14(17-8)21-7-11-4-3-10(6-12(11)15)13(16)19-20/h3-6,20H,7H2,1-2H3,(H2,16,19). The smallest absolute Gasteiger partial charge is 0.188 e. The first kappa shape index (κ1) is 15.2. The number of benzene rings is 1. The molecule has 0 spiro atoms. The first-order valence-corrected chi connectivity index (χ1v) is 7.19. The van der Waals surface area contributed by atoms with Gasteiger partial charge in [-0.25, -0.2) is 14.4 Å². The molecule has 1 aromatic carbocycles. The van der Waals surface area contributed by atoms with Gasteiger partial charge in [0.2, 0.25) is 0 Å². The van der Waals surface area contributed by atoms with E-state index < -0.39 is 5.82 Å². The zero-order valence-corrected chi connectivity index (χ0v) is 12.5. The highest BCUT2D eigenvalue weighted by Crippen LogP contribution is 2.22. The van der Waals surface area contributed by atoms with Gasteiger partial charge in [0.15, 0.2) is 11.0 Å². The maximum atomic E-state index is 14.0. The third kappa shape index (κ3) is 3.91. The number of oxime groups is 1. The van der Waals surface area contributed by atoms with Crippen LogP contribution in [0.25, 0.3) is 0 Å². The monoisotopic (exact) mass is 306 g/mol. The molecule has 0 aliphatic rings. The topological polar surface area (TPSA) is 84.4 Å². The van der Waals surface area contributed by atoms with Crippen molar-refractivity contribution in [2.45, 2.75) is 24.8 Å². The molecule has 0 radical (unpaired) electrons. The Balaban J connectivity index is 2.13. The van der Waals surface area contributed by atoms with Crippen LogP contribution in [0.3, 0.4) is 0 Å². The summed E-state index contributed by atoms with van der Waals surface area (Å²) >= 11 is 1.36. The molecule has 0 bridgehead atoms. The van der Waals surface area contributed by atoms with Crippen molar-refractivity contribution in [3.63, 3.8) is 0 Å². The van der Waals surface area contributed by atoms with Crippen LogP contribution in [0, 0.1) is 19.7 Å². The fourth-order valence-electron chi connectivity index (χ4n) is 1.78. The van der Waals surface area contributed by atoms with Gasteiger partial charge >= 0.3 is 0 Å². The van der Waals surface area contributed by atoms with Crippen LogP contribution in [0.15, 0.2) is 34.6 Å². The normalized spacial score (nSPS) is 11.7. The number of thioether (sulfide) groups is 1. The second-order valence-corrected chi connectivity index (χ2v) is 5.46. The Hall–Kier alpha value is -2.15. The number of nitrogens with two attached hydrogens (primary N) is 1. The summed E-state index contributed by atoms with van der Waals surface area (Å²) < 4.78 is 14.0. The third-order valence-corrected chi connectivity index (χ3v) is 3.67. The summed E-state index contributed by atoms with van der Waals surface area (Å²) in [6.45, 7) is 3.79. The zero-order valence-electron chi connectivity index (χ0n) is 11.7. The predicted molar refractivity (Wildman–Crippen MR) is 80.0 cm³/mol. The summed E-state index contributed by atoms with van der Waals surface area (Å²) in [5.74, 6) is -0.118. The number of amidine groups is 1. The van der Waals surface area contributed by atoms with Crippen LogP contribution in [0.1, 0.15) is 22.5 Å². The van der Waals surface area contributed by atoms with Crippen molar-refractivity contribution in [3.05, 3.63) is 52.6 Å². The van der Waals surface area contributed by atoms with E-state index in [2.05, 4.69) is 15.1 Å². The second kappa shape index (κ2) is 6.53. The summed E-state index contributed by atoms with van der Waals surface area (Å²) in [5.41, 5.74) is 8.03. The predicted octanol–water partition coefficient (Wildman–Crippen LogP) is 2.62. The van der Waals surface area contributed by atoms with Crippen LogP contribution in [-0.4, -0.2) is 21.0 Å². The second-order valence-electron chi connectivity index (χ2n) is 4.51. The molecule has 21 heavy (non-hydrogen) atoms. The van der Waals surface area contributed by atoms with Crippen LogP contribution in [0.5, 0.6) is 0 Å². The Morgan fingerprint density at radius 3 is 2.52 bits per heavy atom. The van der Waals surface area contributed by atoms with Crippen molar-refractivity contribution in [1.82, 2.24) is 9.97 Å². The molecular formula is C14H15FN4OS. The van der Waals surface area contributed by atoms with Gasteiger partial charge in [0.05, 0.1) is 0 Å². The fourth-order valence-corrected chi connectivity index (χ4v) is 2.72. The molecular weight excluding hydrogens is 291 g/mol. The molecule has 1 heterocycles. The molecule has 5 nitrogen and oxygen atoms in total.